The van der Waals surface area contributed by atoms with E-state index in [9.17, 15) is 4.79 Å². The summed E-state index contributed by atoms with van der Waals surface area (Å²) in [6.07, 6.45) is 4.31. The van der Waals surface area contributed by atoms with Crippen molar-refractivity contribution in [3.05, 3.63) is 29.8 Å². The lowest BCUT2D eigenvalue weighted by atomic mass is 9.91. The van der Waals surface area contributed by atoms with Gasteiger partial charge in [-0.2, -0.15) is 0 Å². The molecule has 0 bridgehead atoms. The smallest absolute Gasteiger partial charge is 0.251 e. The van der Waals surface area contributed by atoms with Gasteiger partial charge in [-0.3, -0.25) is 9.69 Å². The third-order valence-electron chi connectivity index (χ3n) is 5.87. The number of fused-ring (bicyclic) bond motifs is 1. The molecule has 5 nitrogen and oxygen atoms in total. The van der Waals surface area contributed by atoms with Crippen LogP contribution in [0.15, 0.2) is 24.3 Å². The Labute approximate surface area is 149 Å². The molecule has 0 saturated carbocycles. The molecule has 5 heteroatoms. The fraction of sp³-hybridized carbons (Fsp3) is 0.650. The van der Waals surface area contributed by atoms with Gasteiger partial charge in [0.15, 0.2) is 0 Å². The molecule has 25 heavy (non-hydrogen) atoms. The number of carbonyl (C=O) groups excluding carboxylic acids is 1. The van der Waals surface area contributed by atoms with Crippen molar-refractivity contribution in [2.24, 2.45) is 5.92 Å². The first-order chi connectivity index (χ1) is 12.2. The Bertz CT molecular complexity index is 615. The molecular formula is C20H28N2O3. The summed E-state index contributed by atoms with van der Waals surface area (Å²) in [5, 5.41) is 0. The Balaban J connectivity index is 1.34. The van der Waals surface area contributed by atoms with Crippen LogP contribution in [0.5, 0.6) is 5.75 Å². The lowest BCUT2D eigenvalue weighted by molar-refractivity contribution is -0.142. The van der Waals surface area contributed by atoms with Gasteiger partial charge < -0.3 is 14.4 Å². The third kappa shape index (κ3) is 3.67. The van der Waals surface area contributed by atoms with E-state index in [0.717, 1.165) is 64.2 Å². The van der Waals surface area contributed by atoms with Crippen LogP contribution in [-0.4, -0.2) is 61.2 Å². The maximum atomic E-state index is 12.6. The largest absolute Gasteiger partial charge is 0.497 e. The van der Waals surface area contributed by atoms with Gasteiger partial charge in [-0.15, -0.1) is 0 Å². The highest BCUT2D eigenvalue weighted by atomic mass is 16.5. The molecule has 1 aromatic carbocycles. The normalized spacial score (nSPS) is 29.6. The Morgan fingerprint density at radius 1 is 1.28 bits per heavy atom. The van der Waals surface area contributed by atoms with E-state index in [1.165, 1.54) is 5.56 Å². The molecule has 1 amide bonds. The van der Waals surface area contributed by atoms with Crippen LogP contribution in [0.25, 0.3) is 0 Å². The van der Waals surface area contributed by atoms with Gasteiger partial charge in [-0.1, -0.05) is 12.1 Å². The predicted molar refractivity (Wildman–Crippen MR) is 95.5 cm³/mol. The number of hydrogen-bond donors (Lipinski definition) is 0. The molecule has 3 aliphatic heterocycles. The van der Waals surface area contributed by atoms with E-state index in [4.69, 9.17) is 9.47 Å². The van der Waals surface area contributed by atoms with Crippen LogP contribution in [0, 0.1) is 5.92 Å². The third-order valence-corrected chi connectivity index (χ3v) is 5.87. The topological polar surface area (TPSA) is 42.0 Å². The zero-order valence-electron chi connectivity index (χ0n) is 15.0. The summed E-state index contributed by atoms with van der Waals surface area (Å²) in [5.41, 5.74) is 1.26. The second kappa shape index (κ2) is 7.34. The highest BCUT2D eigenvalue weighted by Crippen LogP contribution is 2.35. The number of ether oxygens (including phenoxy) is 2. The average Bonchev–Trinajstić information content (AvgIpc) is 3.30. The lowest BCUT2D eigenvalue weighted by Gasteiger charge is -2.34. The van der Waals surface area contributed by atoms with E-state index in [0.29, 0.717) is 5.92 Å². The number of piperidine rings is 1. The number of rotatable bonds is 4. The first-order valence-corrected chi connectivity index (χ1v) is 9.52. The molecule has 1 aromatic rings. The van der Waals surface area contributed by atoms with E-state index < -0.39 is 0 Å². The predicted octanol–water partition coefficient (Wildman–Crippen LogP) is 2.30. The second-order valence-electron chi connectivity index (χ2n) is 7.57. The van der Waals surface area contributed by atoms with Crippen molar-refractivity contribution in [3.63, 3.8) is 0 Å². The van der Waals surface area contributed by atoms with Crippen molar-refractivity contribution in [3.8, 4) is 5.75 Å². The fourth-order valence-corrected chi connectivity index (χ4v) is 4.47. The van der Waals surface area contributed by atoms with E-state index in [1.54, 1.807) is 7.11 Å². The van der Waals surface area contributed by atoms with E-state index >= 15 is 0 Å². The van der Waals surface area contributed by atoms with Gasteiger partial charge in [0.1, 0.15) is 11.9 Å². The standard InChI is InChI=1S/C20H28N2O3/c1-24-17-6-4-5-15(11-17)13-21-10-7-16-12-18(25-19(16)14-21)20(23)22-8-2-3-9-22/h4-6,11,16,18-19H,2-3,7-10,12-14H2,1H3/t16-,18-,19-/m1/s1. The van der Waals surface area contributed by atoms with Gasteiger partial charge in [-0.05, 0) is 55.8 Å². The highest BCUT2D eigenvalue weighted by molar-refractivity contribution is 5.81. The Kier molecular flexibility index (Phi) is 4.95. The van der Waals surface area contributed by atoms with Crippen LogP contribution in [0.1, 0.15) is 31.2 Å². The minimum Gasteiger partial charge on any atom is -0.497 e. The molecule has 4 rings (SSSR count). The molecule has 3 aliphatic rings. The van der Waals surface area contributed by atoms with Crippen molar-refractivity contribution in [1.82, 2.24) is 9.80 Å². The maximum absolute atomic E-state index is 12.6. The first-order valence-electron chi connectivity index (χ1n) is 9.52. The summed E-state index contributed by atoms with van der Waals surface area (Å²) >= 11 is 0. The van der Waals surface area contributed by atoms with Crippen molar-refractivity contribution in [2.75, 3.05) is 33.3 Å². The van der Waals surface area contributed by atoms with Crippen LogP contribution >= 0.6 is 0 Å². The molecule has 0 radical (unpaired) electrons. The van der Waals surface area contributed by atoms with Crippen molar-refractivity contribution in [2.45, 2.75) is 44.4 Å². The van der Waals surface area contributed by atoms with Gasteiger partial charge in [0.2, 0.25) is 0 Å². The SMILES string of the molecule is COc1cccc(CN2CC[C@@H]3C[C@H](C(=O)N4CCCC4)O[C@@H]3C2)c1. The van der Waals surface area contributed by atoms with Crippen molar-refractivity contribution >= 4 is 5.91 Å². The Morgan fingerprint density at radius 3 is 2.92 bits per heavy atom. The molecule has 136 valence electrons. The number of nitrogens with zero attached hydrogens (tertiary/aromatic N) is 2. The molecule has 3 atom stereocenters. The minimum atomic E-state index is -0.204. The van der Waals surface area contributed by atoms with Gasteiger partial charge in [0.25, 0.3) is 5.91 Å². The Hall–Kier alpha value is -1.59. The van der Waals surface area contributed by atoms with Gasteiger partial charge in [0, 0.05) is 26.2 Å². The summed E-state index contributed by atoms with van der Waals surface area (Å²) in [6, 6.07) is 8.26. The minimum absolute atomic E-state index is 0.204. The van der Waals surface area contributed by atoms with Gasteiger partial charge >= 0.3 is 0 Å². The van der Waals surface area contributed by atoms with Crippen molar-refractivity contribution in [1.29, 1.82) is 0 Å². The summed E-state index contributed by atoms with van der Waals surface area (Å²) in [6.45, 7) is 4.73. The van der Waals surface area contributed by atoms with Crippen LogP contribution < -0.4 is 4.74 Å². The summed E-state index contributed by atoms with van der Waals surface area (Å²) < 4.78 is 11.5. The number of likely N-dealkylation sites (tertiary alicyclic amines) is 2. The zero-order valence-corrected chi connectivity index (χ0v) is 15.0. The van der Waals surface area contributed by atoms with Gasteiger partial charge in [0.05, 0.1) is 13.2 Å². The van der Waals surface area contributed by atoms with Crippen LogP contribution in [0.2, 0.25) is 0 Å². The highest BCUT2D eigenvalue weighted by Gasteiger charge is 2.43. The maximum Gasteiger partial charge on any atom is 0.251 e. The molecular weight excluding hydrogens is 316 g/mol. The van der Waals surface area contributed by atoms with E-state index in [-0.39, 0.29) is 18.1 Å². The number of benzene rings is 1. The molecule has 3 saturated heterocycles. The Morgan fingerprint density at radius 2 is 2.12 bits per heavy atom. The summed E-state index contributed by atoms with van der Waals surface area (Å²) in [7, 11) is 1.70. The summed E-state index contributed by atoms with van der Waals surface area (Å²) in [4.78, 5) is 17.0. The quantitative estimate of drug-likeness (QED) is 0.840. The average molecular weight is 344 g/mol. The van der Waals surface area contributed by atoms with E-state index in [2.05, 4.69) is 17.0 Å². The molecule has 0 unspecified atom stereocenters. The molecule has 3 fully saturated rings. The fourth-order valence-electron chi connectivity index (χ4n) is 4.47. The molecule has 0 aliphatic carbocycles. The van der Waals surface area contributed by atoms with E-state index in [1.807, 2.05) is 17.0 Å². The monoisotopic (exact) mass is 344 g/mol. The van der Waals surface area contributed by atoms with Crippen LogP contribution in [0.4, 0.5) is 0 Å². The first kappa shape index (κ1) is 16.9. The lowest BCUT2D eigenvalue weighted by Crippen LogP contribution is -2.42. The molecule has 0 spiro atoms. The number of amides is 1. The van der Waals surface area contributed by atoms with Gasteiger partial charge in [-0.25, -0.2) is 0 Å². The summed E-state index contributed by atoms with van der Waals surface area (Å²) in [5.74, 6) is 1.67. The molecule has 3 heterocycles. The molecule has 0 aromatic heterocycles. The number of hydrogen-bond acceptors (Lipinski definition) is 4. The van der Waals surface area contributed by atoms with Crippen molar-refractivity contribution < 1.29 is 14.3 Å². The zero-order chi connectivity index (χ0) is 17.2. The number of carbonyl (C=O) groups is 1. The van der Waals surface area contributed by atoms with Crippen LogP contribution in [0.3, 0.4) is 0 Å². The second-order valence-corrected chi connectivity index (χ2v) is 7.57. The number of methoxy groups -OCH3 is 1. The van der Waals surface area contributed by atoms with Crippen LogP contribution in [-0.2, 0) is 16.1 Å². The molecule has 0 N–H and O–H groups in total.